The molecule has 0 unspecified atom stereocenters. The molecule has 2 amide bonds. The van der Waals surface area contributed by atoms with Crippen molar-refractivity contribution in [3.63, 3.8) is 0 Å². The second-order valence-corrected chi connectivity index (χ2v) is 7.60. The monoisotopic (exact) mass is 394 g/mol. The Morgan fingerprint density at radius 1 is 1.10 bits per heavy atom. The van der Waals surface area contributed by atoms with E-state index in [0.717, 1.165) is 27.9 Å². The van der Waals surface area contributed by atoms with Crippen LogP contribution < -0.4 is 10.2 Å². The van der Waals surface area contributed by atoms with Gasteiger partial charge in [-0.3, -0.25) is 14.4 Å². The molecule has 1 atom stereocenters. The first-order valence-corrected chi connectivity index (χ1v) is 9.66. The lowest BCUT2D eigenvalue weighted by Crippen LogP contribution is -2.28. The van der Waals surface area contributed by atoms with Crippen LogP contribution in [0.25, 0.3) is 0 Å². The van der Waals surface area contributed by atoms with Gasteiger partial charge in [0.1, 0.15) is 0 Å². The number of nitrogens with one attached hydrogen (secondary N) is 1. The minimum absolute atomic E-state index is 0.0881. The molecule has 1 fully saturated rings. The van der Waals surface area contributed by atoms with Gasteiger partial charge in [0.25, 0.3) is 5.91 Å². The second kappa shape index (κ2) is 8.47. The van der Waals surface area contributed by atoms with Gasteiger partial charge in [-0.25, -0.2) is 0 Å². The van der Waals surface area contributed by atoms with Crippen LogP contribution in [-0.4, -0.2) is 30.9 Å². The van der Waals surface area contributed by atoms with Gasteiger partial charge in [-0.2, -0.15) is 0 Å². The van der Waals surface area contributed by atoms with E-state index in [2.05, 4.69) is 5.32 Å². The molecule has 1 aliphatic heterocycles. The van der Waals surface area contributed by atoms with Crippen LogP contribution in [0.4, 0.5) is 11.4 Å². The van der Waals surface area contributed by atoms with E-state index in [1.165, 1.54) is 0 Å². The average molecular weight is 394 g/mol. The molecule has 1 heterocycles. The van der Waals surface area contributed by atoms with E-state index in [0.29, 0.717) is 5.69 Å². The fourth-order valence-corrected chi connectivity index (χ4v) is 3.44. The summed E-state index contributed by atoms with van der Waals surface area (Å²) in [7, 11) is 0. The summed E-state index contributed by atoms with van der Waals surface area (Å²) in [6, 6.07) is 11.5. The van der Waals surface area contributed by atoms with Crippen LogP contribution >= 0.6 is 0 Å². The average Bonchev–Trinajstić information content (AvgIpc) is 3.06. The van der Waals surface area contributed by atoms with Gasteiger partial charge >= 0.3 is 5.97 Å². The van der Waals surface area contributed by atoms with Crippen LogP contribution in [0.15, 0.2) is 36.4 Å². The third kappa shape index (κ3) is 4.65. The molecule has 0 spiro atoms. The number of hydrogen-bond acceptors (Lipinski definition) is 4. The maximum Gasteiger partial charge on any atom is 0.311 e. The topological polar surface area (TPSA) is 75.7 Å². The van der Waals surface area contributed by atoms with E-state index in [-0.39, 0.29) is 25.5 Å². The van der Waals surface area contributed by atoms with Crippen molar-refractivity contribution < 1.29 is 19.1 Å². The number of aryl methyl sites for hydroxylation is 3. The molecule has 0 aromatic heterocycles. The molecule has 1 saturated heterocycles. The van der Waals surface area contributed by atoms with Crippen LogP contribution in [0, 0.1) is 33.6 Å². The van der Waals surface area contributed by atoms with Gasteiger partial charge in [-0.05, 0) is 62.1 Å². The van der Waals surface area contributed by atoms with Crippen molar-refractivity contribution in [2.75, 3.05) is 23.4 Å². The Kier molecular flexibility index (Phi) is 6.01. The number of amides is 2. The minimum Gasteiger partial charge on any atom is -0.455 e. The number of nitrogens with zero attached hydrogens (tertiary/aromatic N) is 1. The molecule has 29 heavy (non-hydrogen) atoms. The van der Waals surface area contributed by atoms with E-state index >= 15 is 0 Å². The first-order valence-electron chi connectivity index (χ1n) is 9.66. The van der Waals surface area contributed by atoms with E-state index in [9.17, 15) is 14.4 Å². The molecule has 6 heteroatoms. The van der Waals surface area contributed by atoms with Crippen molar-refractivity contribution in [3.05, 3.63) is 58.7 Å². The zero-order valence-electron chi connectivity index (χ0n) is 17.2. The van der Waals surface area contributed by atoms with Gasteiger partial charge in [-0.1, -0.05) is 24.3 Å². The Balaban J connectivity index is 1.57. The minimum atomic E-state index is -0.573. The van der Waals surface area contributed by atoms with Gasteiger partial charge in [0.2, 0.25) is 5.91 Å². The van der Waals surface area contributed by atoms with Crippen LogP contribution in [0.1, 0.15) is 28.7 Å². The third-order valence-electron chi connectivity index (χ3n) is 5.34. The Bertz CT molecular complexity index is 967. The third-order valence-corrected chi connectivity index (χ3v) is 5.34. The van der Waals surface area contributed by atoms with Gasteiger partial charge in [0.15, 0.2) is 6.61 Å². The van der Waals surface area contributed by atoms with Gasteiger partial charge in [-0.15, -0.1) is 0 Å². The molecule has 1 N–H and O–H groups in total. The van der Waals surface area contributed by atoms with Gasteiger partial charge in [0.05, 0.1) is 5.92 Å². The largest absolute Gasteiger partial charge is 0.455 e. The second-order valence-electron chi connectivity index (χ2n) is 7.60. The quantitative estimate of drug-likeness (QED) is 0.788. The van der Waals surface area contributed by atoms with Crippen LogP contribution in [0.5, 0.6) is 0 Å². The van der Waals surface area contributed by atoms with Crippen molar-refractivity contribution in [2.45, 2.75) is 34.1 Å². The van der Waals surface area contributed by atoms with Crippen LogP contribution in [-0.2, 0) is 19.1 Å². The molecule has 0 saturated carbocycles. The summed E-state index contributed by atoms with van der Waals surface area (Å²) in [6.45, 7) is 7.67. The van der Waals surface area contributed by atoms with E-state index in [1.807, 2.05) is 64.1 Å². The molecule has 2 aromatic carbocycles. The molecule has 3 rings (SSSR count). The number of hydrogen-bond donors (Lipinski definition) is 1. The van der Waals surface area contributed by atoms with Crippen LogP contribution in [0.2, 0.25) is 0 Å². The summed E-state index contributed by atoms with van der Waals surface area (Å²) >= 11 is 0. The maximum absolute atomic E-state index is 12.4. The summed E-state index contributed by atoms with van der Waals surface area (Å²) in [5.41, 5.74) is 5.58. The number of rotatable bonds is 5. The zero-order chi connectivity index (χ0) is 21.1. The normalized spacial score (nSPS) is 16.1. The van der Waals surface area contributed by atoms with E-state index in [4.69, 9.17) is 4.74 Å². The van der Waals surface area contributed by atoms with Crippen molar-refractivity contribution in [1.29, 1.82) is 0 Å². The molecule has 152 valence electrons. The Hall–Kier alpha value is -3.15. The number of carbonyl (C=O) groups is 3. The van der Waals surface area contributed by atoms with Gasteiger partial charge in [0, 0.05) is 24.3 Å². The highest BCUT2D eigenvalue weighted by Crippen LogP contribution is 2.29. The smallest absolute Gasteiger partial charge is 0.311 e. The number of anilines is 2. The van der Waals surface area contributed by atoms with E-state index < -0.39 is 17.8 Å². The Labute approximate surface area is 170 Å². The molecule has 0 aliphatic carbocycles. The Morgan fingerprint density at radius 3 is 2.62 bits per heavy atom. The number of esters is 1. The lowest BCUT2D eigenvalue weighted by atomic mass is 10.1. The van der Waals surface area contributed by atoms with E-state index in [1.54, 1.807) is 4.90 Å². The van der Waals surface area contributed by atoms with Crippen molar-refractivity contribution in [1.82, 2.24) is 0 Å². The highest BCUT2D eigenvalue weighted by molar-refractivity contribution is 6.00. The molecule has 2 aromatic rings. The predicted octanol–water partition coefficient (Wildman–Crippen LogP) is 3.46. The molecule has 1 aliphatic rings. The summed E-state index contributed by atoms with van der Waals surface area (Å²) in [4.78, 5) is 38.6. The highest BCUT2D eigenvalue weighted by atomic mass is 16.5. The lowest BCUT2D eigenvalue weighted by Gasteiger charge is -2.20. The molecule has 0 radical (unpaired) electrons. The lowest BCUT2D eigenvalue weighted by molar-refractivity contribution is -0.151. The van der Waals surface area contributed by atoms with Crippen molar-refractivity contribution in [3.8, 4) is 0 Å². The molecule has 0 bridgehead atoms. The summed E-state index contributed by atoms with van der Waals surface area (Å²) in [6.07, 6.45) is 0.0881. The molecular formula is C23H26N2O4. The molecular weight excluding hydrogens is 368 g/mol. The van der Waals surface area contributed by atoms with Crippen molar-refractivity contribution in [2.24, 2.45) is 5.92 Å². The highest BCUT2D eigenvalue weighted by Gasteiger charge is 2.37. The predicted molar refractivity (Wildman–Crippen MR) is 112 cm³/mol. The number of ether oxygens (including phenoxy) is 1. The standard InChI is InChI=1S/C23H26N2O4/c1-14-8-9-16(3)19(10-14)24-21(26)13-29-23(28)18-11-22(27)25(12-18)20-7-5-6-15(2)17(20)4/h5-10,18H,11-13H2,1-4H3,(H,24,26)/t18-/m0/s1. The zero-order valence-corrected chi connectivity index (χ0v) is 17.2. The molecule has 6 nitrogen and oxygen atoms in total. The van der Waals surface area contributed by atoms with Crippen molar-refractivity contribution >= 4 is 29.2 Å². The number of benzene rings is 2. The fourth-order valence-electron chi connectivity index (χ4n) is 3.44. The SMILES string of the molecule is Cc1ccc(C)c(NC(=O)COC(=O)[C@H]2CC(=O)N(c3cccc(C)c3C)C2)c1. The van der Waals surface area contributed by atoms with Gasteiger partial charge < -0.3 is 15.0 Å². The first kappa shape index (κ1) is 20.6. The number of carbonyl (C=O) groups excluding carboxylic acids is 3. The summed E-state index contributed by atoms with van der Waals surface area (Å²) in [5.74, 6) is -1.61. The Morgan fingerprint density at radius 2 is 1.86 bits per heavy atom. The van der Waals surface area contributed by atoms with Crippen LogP contribution in [0.3, 0.4) is 0 Å². The summed E-state index contributed by atoms with van der Waals surface area (Å²) in [5, 5.41) is 2.76. The maximum atomic E-state index is 12.4. The first-order chi connectivity index (χ1) is 13.8. The fraction of sp³-hybridized carbons (Fsp3) is 0.348. The summed E-state index contributed by atoms with van der Waals surface area (Å²) < 4.78 is 5.19.